The largest absolute Gasteiger partial charge is 0.486 e. The van der Waals surface area contributed by atoms with Gasteiger partial charge in [-0.2, -0.15) is 0 Å². The van der Waals surface area contributed by atoms with Crippen LogP contribution in [0.3, 0.4) is 0 Å². The summed E-state index contributed by atoms with van der Waals surface area (Å²) in [6.45, 7) is 5.21. The predicted molar refractivity (Wildman–Crippen MR) is 69.4 cm³/mol. The molecule has 0 radical (unpaired) electrons. The number of hydrogen-bond donors (Lipinski definition) is 1. The van der Waals surface area contributed by atoms with Crippen molar-refractivity contribution in [3.05, 3.63) is 18.2 Å². The van der Waals surface area contributed by atoms with E-state index in [0.717, 1.165) is 36.8 Å². The molecule has 2 atom stereocenters. The lowest BCUT2D eigenvalue weighted by Gasteiger charge is -2.23. The standard InChI is InChI=1S/C14H19NO3/c1-10(11-4-5-16-9-11)15-12-2-3-13-14(8-12)18-7-6-17-13/h2-3,8,10-11,15H,4-7,9H2,1H3. The van der Waals surface area contributed by atoms with E-state index < -0.39 is 0 Å². The maximum absolute atomic E-state index is 5.58. The molecule has 1 aromatic carbocycles. The van der Waals surface area contributed by atoms with Gasteiger partial charge < -0.3 is 19.5 Å². The molecule has 18 heavy (non-hydrogen) atoms. The first-order valence-corrected chi connectivity index (χ1v) is 6.57. The first-order chi connectivity index (χ1) is 8.83. The highest BCUT2D eigenvalue weighted by Gasteiger charge is 2.22. The van der Waals surface area contributed by atoms with Crippen molar-refractivity contribution in [2.45, 2.75) is 19.4 Å². The second-order valence-corrected chi connectivity index (χ2v) is 4.92. The van der Waals surface area contributed by atoms with Crippen molar-refractivity contribution in [2.24, 2.45) is 5.92 Å². The van der Waals surface area contributed by atoms with Crippen LogP contribution in [0.4, 0.5) is 5.69 Å². The predicted octanol–water partition coefficient (Wildman–Crippen LogP) is 2.29. The molecule has 1 saturated heterocycles. The van der Waals surface area contributed by atoms with Gasteiger partial charge in [-0.1, -0.05) is 0 Å². The highest BCUT2D eigenvalue weighted by atomic mass is 16.6. The van der Waals surface area contributed by atoms with Crippen molar-refractivity contribution < 1.29 is 14.2 Å². The highest BCUT2D eigenvalue weighted by Crippen LogP contribution is 2.33. The Morgan fingerprint density at radius 3 is 2.78 bits per heavy atom. The number of hydrogen-bond acceptors (Lipinski definition) is 4. The van der Waals surface area contributed by atoms with Crippen LogP contribution >= 0.6 is 0 Å². The van der Waals surface area contributed by atoms with E-state index in [2.05, 4.69) is 12.2 Å². The minimum atomic E-state index is 0.412. The van der Waals surface area contributed by atoms with E-state index in [1.165, 1.54) is 0 Å². The molecule has 3 rings (SSSR count). The molecule has 0 saturated carbocycles. The summed E-state index contributed by atoms with van der Waals surface area (Å²) >= 11 is 0. The topological polar surface area (TPSA) is 39.7 Å². The van der Waals surface area contributed by atoms with Gasteiger partial charge in [0, 0.05) is 30.3 Å². The van der Waals surface area contributed by atoms with Crippen molar-refractivity contribution in [3.8, 4) is 11.5 Å². The molecular weight excluding hydrogens is 230 g/mol. The van der Waals surface area contributed by atoms with Crippen LogP contribution in [-0.2, 0) is 4.74 Å². The van der Waals surface area contributed by atoms with E-state index in [4.69, 9.17) is 14.2 Å². The van der Waals surface area contributed by atoms with E-state index >= 15 is 0 Å². The minimum absolute atomic E-state index is 0.412. The van der Waals surface area contributed by atoms with Gasteiger partial charge in [-0.25, -0.2) is 0 Å². The fraction of sp³-hybridized carbons (Fsp3) is 0.571. The number of rotatable bonds is 3. The summed E-state index contributed by atoms with van der Waals surface area (Å²) in [7, 11) is 0. The summed E-state index contributed by atoms with van der Waals surface area (Å²) in [5.74, 6) is 2.27. The third-order valence-electron chi connectivity index (χ3n) is 3.61. The number of fused-ring (bicyclic) bond motifs is 1. The quantitative estimate of drug-likeness (QED) is 0.892. The van der Waals surface area contributed by atoms with Crippen LogP contribution in [0, 0.1) is 5.92 Å². The zero-order valence-corrected chi connectivity index (χ0v) is 10.6. The molecule has 0 bridgehead atoms. The molecule has 4 nitrogen and oxygen atoms in total. The van der Waals surface area contributed by atoms with Crippen LogP contribution < -0.4 is 14.8 Å². The highest BCUT2D eigenvalue weighted by molar-refractivity contribution is 5.55. The maximum atomic E-state index is 5.58. The maximum Gasteiger partial charge on any atom is 0.163 e. The molecular formula is C14H19NO3. The van der Waals surface area contributed by atoms with Crippen LogP contribution in [0.5, 0.6) is 11.5 Å². The fourth-order valence-corrected chi connectivity index (χ4v) is 2.46. The molecule has 0 amide bonds. The monoisotopic (exact) mass is 249 g/mol. The lowest BCUT2D eigenvalue weighted by Crippen LogP contribution is -2.26. The van der Waals surface area contributed by atoms with Crippen LogP contribution in [0.15, 0.2) is 18.2 Å². The van der Waals surface area contributed by atoms with E-state index in [1.807, 2.05) is 18.2 Å². The summed E-state index contributed by atoms with van der Waals surface area (Å²) in [5.41, 5.74) is 1.08. The Balaban J connectivity index is 1.68. The smallest absolute Gasteiger partial charge is 0.163 e. The van der Waals surface area contributed by atoms with E-state index in [-0.39, 0.29) is 0 Å². The molecule has 0 aromatic heterocycles. The van der Waals surface area contributed by atoms with Crippen molar-refractivity contribution in [3.63, 3.8) is 0 Å². The Labute approximate surface area is 107 Å². The zero-order chi connectivity index (χ0) is 12.4. The molecule has 1 N–H and O–H groups in total. The van der Waals surface area contributed by atoms with Gasteiger partial charge in [0.25, 0.3) is 0 Å². The van der Waals surface area contributed by atoms with Crippen molar-refractivity contribution in [2.75, 3.05) is 31.7 Å². The minimum Gasteiger partial charge on any atom is -0.486 e. The van der Waals surface area contributed by atoms with E-state index in [0.29, 0.717) is 25.2 Å². The average molecular weight is 249 g/mol. The summed E-state index contributed by atoms with van der Waals surface area (Å²) < 4.78 is 16.5. The van der Waals surface area contributed by atoms with Gasteiger partial charge in [0.15, 0.2) is 11.5 Å². The Hall–Kier alpha value is -1.42. The lowest BCUT2D eigenvalue weighted by atomic mass is 10.0. The van der Waals surface area contributed by atoms with Crippen molar-refractivity contribution >= 4 is 5.69 Å². The Morgan fingerprint density at radius 2 is 2.00 bits per heavy atom. The molecule has 2 aliphatic rings. The van der Waals surface area contributed by atoms with E-state index in [1.54, 1.807) is 0 Å². The molecule has 4 heteroatoms. The van der Waals surface area contributed by atoms with Crippen molar-refractivity contribution in [1.29, 1.82) is 0 Å². The second kappa shape index (κ2) is 5.06. The molecule has 2 unspecified atom stereocenters. The summed E-state index contributed by atoms with van der Waals surface area (Å²) in [6, 6.07) is 6.44. The molecule has 2 aliphatic heterocycles. The fourth-order valence-electron chi connectivity index (χ4n) is 2.46. The number of benzene rings is 1. The van der Waals surface area contributed by atoms with E-state index in [9.17, 15) is 0 Å². The first kappa shape index (κ1) is 11.7. The average Bonchev–Trinajstić information content (AvgIpc) is 2.92. The zero-order valence-electron chi connectivity index (χ0n) is 10.6. The molecule has 98 valence electrons. The number of nitrogens with one attached hydrogen (secondary N) is 1. The van der Waals surface area contributed by atoms with Gasteiger partial charge in [0.2, 0.25) is 0 Å². The van der Waals surface area contributed by atoms with Crippen LogP contribution in [0.25, 0.3) is 0 Å². The first-order valence-electron chi connectivity index (χ1n) is 6.57. The lowest BCUT2D eigenvalue weighted by molar-refractivity contribution is 0.171. The van der Waals surface area contributed by atoms with Crippen LogP contribution in [0.2, 0.25) is 0 Å². The van der Waals surface area contributed by atoms with Crippen molar-refractivity contribution in [1.82, 2.24) is 0 Å². The summed E-state index contributed by atoms with van der Waals surface area (Å²) in [6.07, 6.45) is 1.14. The molecule has 2 heterocycles. The number of anilines is 1. The molecule has 1 fully saturated rings. The molecule has 0 aliphatic carbocycles. The second-order valence-electron chi connectivity index (χ2n) is 4.92. The third-order valence-corrected chi connectivity index (χ3v) is 3.61. The third kappa shape index (κ3) is 2.38. The Kier molecular flexibility index (Phi) is 3.28. The summed E-state index contributed by atoms with van der Waals surface area (Å²) in [4.78, 5) is 0. The van der Waals surface area contributed by atoms with Gasteiger partial charge in [-0.3, -0.25) is 0 Å². The van der Waals surface area contributed by atoms with Gasteiger partial charge >= 0.3 is 0 Å². The van der Waals surface area contributed by atoms with Gasteiger partial charge in [-0.05, 0) is 25.5 Å². The molecule has 1 aromatic rings. The van der Waals surface area contributed by atoms with Crippen LogP contribution in [0.1, 0.15) is 13.3 Å². The van der Waals surface area contributed by atoms with Gasteiger partial charge in [0.05, 0.1) is 6.61 Å². The van der Waals surface area contributed by atoms with Gasteiger partial charge in [-0.15, -0.1) is 0 Å². The van der Waals surface area contributed by atoms with Crippen LogP contribution in [-0.4, -0.2) is 32.5 Å². The Morgan fingerprint density at radius 1 is 1.17 bits per heavy atom. The number of ether oxygens (including phenoxy) is 3. The van der Waals surface area contributed by atoms with Gasteiger partial charge in [0.1, 0.15) is 13.2 Å². The SMILES string of the molecule is CC(Nc1ccc2c(c1)OCCO2)C1CCOC1. The normalized spacial score (nSPS) is 23.7. The molecule has 0 spiro atoms. The Bertz CT molecular complexity index is 416. The summed E-state index contributed by atoms with van der Waals surface area (Å²) in [5, 5.41) is 3.52.